The third-order valence-electron chi connectivity index (χ3n) is 4.92. The van der Waals surface area contributed by atoms with Crippen LogP contribution in [0.15, 0.2) is 50.2 Å². The van der Waals surface area contributed by atoms with Crippen LogP contribution in [0.2, 0.25) is 10.0 Å². The van der Waals surface area contributed by atoms with Crippen LogP contribution in [-0.2, 0) is 10.0 Å². The maximum absolute atomic E-state index is 13.0. The molecule has 0 amide bonds. The minimum Gasteiger partial charge on any atom is -0.475 e. The van der Waals surface area contributed by atoms with Crippen LogP contribution >= 0.6 is 39.1 Å². The summed E-state index contributed by atoms with van der Waals surface area (Å²) < 4.78 is 33.5. The first-order valence-corrected chi connectivity index (χ1v) is 11.8. The molecule has 0 radical (unpaired) electrons. The lowest BCUT2D eigenvalue weighted by Gasteiger charge is -2.36. The highest BCUT2D eigenvalue weighted by Crippen LogP contribution is 2.37. The first-order chi connectivity index (χ1) is 14.2. The van der Waals surface area contributed by atoms with E-state index in [0.29, 0.717) is 28.5 Å². The number of piperazine rings is 1. The Hall–Kier alpha value is -1.78. The summed E-state index contributed by atoms with van der Waals surface area (Å²) in [6.07, 6.45) is 0. The van der Waals surface area contributed by atoms with Crippen molar-refractivity contribution in [2.24, 2.45) is 0 Å². The molecule has 0 aliphatic carbocycles. The topological polar surface area (TPSA) is 91.1 Å². The number of fused-ring (bicyclic) bond motifs is 1. The van der Waals surface area contributed by atoms with E-state index in [9.17, 15) is 13.2 Å². The van der Waals surface area contributed by atoms with Crippen LogP contribution < -0.4 is 4.90 Å². The summed E-state index contributed by atoms with van der Waals surface area (Å²) in [7, 11) is -3.83. The molecule has 11 heteroatoms. The van der Waals surface area contributed by atoms with Gasteiger partial charge in [-0.25, -0.2) is 13.2 Å². The fourth-order valence-corrected chi connectivity index (χ4v) is 6.65. The molecular weight excluding hydrogens is 519 g/mol. The molecule has 1 aliphatic heterocycles. The zero-order valence-electron chi connectivity index (χ0n) is 15.3. The average Bonchev–Trinajstić information content (AvgIpc) is 3.14. The Balaban J connectivity index is 1.58. The van der Waals surface area contributed by atoms with Crippen molar-refractivity contribution in [2.45, 2.75) is 4.90 Å². The van der Waals surface area contributed by atoms with Crippen molar-refractivity contribution in [1.82, 2.24) is 4.31 Å². The van der Waals surface area contributed by atoms with Crippen LogP contribution in [0.25, 0.3) is 11.0 Å². The van der Waals surface area contributed by atoms with Gasteiger partial charge in [0.15, 0.2) is 0 Å². The number of nitrogens with zero attached hydrogens (tertiary/aromatic N) is 2. The average molecular weight is 534 g/mol. The Morgan fingerprint density at radius 1 is 1.07 bits per heavy atom. The molecule has 0 bridgehead atoms. The van der Waals surface area contributed by atoms with E-state index in [1.807, 2.05) is 11.0 Å². The zero-order chi connectivity index (χ0) is 21.6. The number of rotatable bonds is 4. The van der Waals surface area contributed by atoms with Gasteiger partial charge < -0.3 is 14.4 Å². The van der Waals surface area contributed by atoms with Gasteiger partial charge >= 0.3 is 5.97 Å². The van der Waals surface area contributed by atoms with Crippen LogP contribution in [0.5, 0.6) is 0 Å². The van der Waals surface area contributed by atoms with Crippen molar-refractivity contribution in [1.29, 1.82) is 0 Å². The predicted molar refractivity (Wildman–Crippen MR) is 118 cm³/mol. The van der Waals surface area contributed by atoms with Crippen LogP contribution in [-0.4, -0.2) is 50.0 Å². The summed E-state index contributed by atoms with van der Waals surface area (Å²) in [4.78, 5) is 13.1. The molecule has 0 spiro atoms. The Bertz CT molecular complexity index is 1230. The maximum Gasteiger partial charge on any atom is 0.371 e. The van der Waals surface area contributed by atoms with Crippen molar-refractivity contribution >= 4 is 71.8 Å². The lowest BCUT2D eigenvalue weighted by molar-refractivity contribution is 0.0665. The van der Waals surface area contributed by atoms with Gasteiger partial charge in [-0.1, -0.05) is 29.3 Å². The Labute approximate surface area is 190 Å². The van der Waals surface area contributed by atoms with Crippen molar-refractivity contribution < 1.29 is 22.7 Å². The second-order valence-electron chi connectivity index (χ2n) is 6.67. The second kappa shape index (κ2) is 8.05. The molecule has 2 aromatic carbocycles. The van der Waals surface area contributed by atoms with Crippen LogP contribution in [0.1, 0.15) is 10.6 Å². The standard InChI is InChI=1S/C19H15BrCl2N2O5S/c20-17-11-10-16(19(25)26)29-15(11)5-4-14(17)23-6-8-24(9-7-23)30(27,28)18-12(21)2-1-3-13(18)22/h1-5,10H,6-9H2,(H,25,26). The van der Waals surface area contributed by atoms with Gasteiger partial charge in [0, 0.05) is 37.6 Å². The number of hydrogen-bond acceptors (Lipinski definition) is 5. The van der Waals surface area contributed by atoms with Gasteiger partial charge in [0.1, 0.15) is 10.5 Å². The van der Waals surface area contributed by atoms with E-state index in [-0.39, 0.29) is 33.8 Å². The van der Waals surface area contributed by atoms with Gasteiger partial charge in [0.25, 0.3) is 0 Å². The Morgan fingerprint density at radius 2 is 1.70 bits per heavy atom. The summed E-state index contributed by atoms with van der Waals surface area (Å²) in [6.45, 7) is 1.38. The largest absolute Gasteiger partial charge is 0.475 e. The van der Waals surface area contributed by atoms with E-state index >= 15 is 0 Å². The molecule has 4 rings (SSSR count). The third-order valence-corrected chi connectivity index (χ3v) is 8.61. The molecule has 158 valence electrons. The molecule has 0 unspecified atom stereocenters. The lowest BCUT2D eigenvalue weighted by Crippen LogP contribution is -2.48. The van der Waals surface area contributed by atoms with Crippen LogP contribution in [0.4, 0.5) is 5.69 Å². The molecule has 1 fully saturated rings. The van der Waals surface area contributed by atoms with Gasteiger partial charge in [-0.2, -0.15) is 4.31 Å². The first-order valence-electron chi connectivity index (χ1n) is 8.84. The number of hydrogen-bond donors (Lipinski definition) is 1. The summed E-state index contributed by atoms with van der Waals surface area (Å²) >= 11 is 15.7. The summed E-state index contributed by atoms with van der Waals surface area (Å²) in [5.74, 6) is -1.29. The Morgan fingerprint density at radius 3 is 2.30 bits per heavy atom. The van der Waals surface area contributed by atoms with Gasteiger partial charge in [-0.05, 0) is 40.2 Å². The molecular formula is C19H15BrCl2N2O5S. The molecule has 30 heavy (non-hydrogen) atoms. The predicted octanol–water partition coefficient (Wildman–Crippen LogP) is 4.71. The van der Waals surface area contributed by atoms with Gasteiger partial charge in [0.05, 0.1) is 20.2 Å². The number of sulfonamides is 1. The summed E-state index contributed by atoms with van der Waals surface area (Å²) in [5.41, 5.74) is 1.28. The highest BCUT2D eigenvalue weighted by atomic mass is 79.9. The number of halogens is 3. The third kappa shape index (κ3) is 3.69. The highest BCUT2D eigenvalue weighted by molar-refractivity contribution is 9.10. The van der Waals surface area contributed by atoms with Gasteiger partial charge in [-0.3, -0.25) is 0 Å². The molecule has 0 atom stereocenters. The summed E-state index contributed by atoms with van der Waals surface area (Å²) in [6, 6.07) is 9.58. The fraction of sp³-hybridized carbons (Fsp3) is 0.211. The molecule has 2 heterocycles. The monoisotopic (exact) mass is 532 g/mol. The normalized spacial score (nSPS) is 15.6. The van der Waals surface area contributed by atoms with Crippen molar-refractivity contribution in [3.05, 3.63) is 56.7 Å². The van der Waals surface area contributed by atoms with Gasteiger partial charge in [0.2, 0.25) is 15.8 Å². The van der Waals surface area contributed by atoms with E-state index < -0.39 is 16.0 Å². The second-order valence-corrected chi connectivity index (χ2v) is 10.2. The van der Waals surface area contributed by atoms with E-state index in [2.05, 4.69) is 15.9 Å². The molecule has 1 aliphatic rings. The van der Waals surface area contributed by atoms with Gasteiger partial charge in [-0.15, -0.1) is 0 Å². The minimum absolute atomic E-state index is 0.0796. The van der Waals surface area contributed by atoms with Crippen LogP contribution in [0, 0.1) is 0 Å². The number of benzene rings is 2. The molecule has 3 aromatic rings. The molecule has 1 saturated heterocycles. The van der Waals surface area contributed by atoms with Crippen molar-refractivity contribution in [3.63, 3.8) is 0 Å². The van der Waals surface area contributed by atoms with E-state index in [1.165, 1.54) is 22.5 Å². The zero-order valence-corrected chi connectivity index (χ0v) is 19.2. The minimum atomic E-state index is -3.83. The smallest absolute Gasteiger partial charge is 0.371 e. The number of carboxylic acid groups (broad SMARTS) is 1. The quantitative estimate of drug-likeness (QED) is 0.522. The molecule has 1 aromatic heterocycles. The number of carboxylic acids is 1. The number of anilines is 1. The number of aromatic carboxylic acids is 1. The Kier molecular flexibility index (Phi) is 5.75. The highest BCUT2D eigenvalue weighted by Gasteiger charge is 2.32. The van der Waals surface area contributed by atoms with E-state index in [4.69, 9.17) is 32.7 Å². The fourth-order valence-electron chi connectivity index (χ4n) is 3.44. The number of carbonyl (C=O) groups is 1. The molecule has 1 N–H and O–H groups in total. The molecule has 0 saturated carbocycles. The SMILES string of the molecule is O=C(O)c1cc2c(Br)c(N3CCN(S(=O)(=O)c4c(Cl)cccc4Cl)CC3)ccc2o1. The first kappa shape index (κ1) is 21.5. The maximum atomic E-state index is 13.0. The number of furan rings is 1. The van der Waals surface area contributed by atoms with Crippen LogP contribution in [0.3, 0.4) is 0 Å². The lowest BCUT2D eigenvalue weighted by atomic mass is 10.2. The molecule has 7 nitrogen and oxygen atoms in total. The van der Waals surface area contributed by atoms with Crippen molar-refractivity contribution in [2.75, 3.05) is 31.1 Å². The van der Waals surface area contributed by atoms with Crippen molar-refractivity contribution in [3.8, 4) is 0 Å². The van der Waals surface area contributed by atoms with E-state index in [0.717, 1.165) is 5.69 Å². The summed E-state index contributed by atoms with van der Waals surface area (Å²) in [5, 5.41) is 9.95. The van der Waals surface area contributed by atoms with E-state index in [1.54, 1.807) is 12.1 Å².